The van der Waals surface area contributed by atoms with E-state index in [0.717, 1.165) is 10.6 Å². The highest BCUT2D eigenvalue weighted by Gasteiger charge is 2.18. The third-order valence-electron chi connectivity index (χ3n) is 2.61. The molecule has 9 heteroatoms. The summed E-state index contributed by atoms with van der Waals surface area (Å²) in [6, 6.07) is 6.39. The van der Waals surface area contributed by atoms with Crippen LogP contribution in [-0.4, -0.2) is 41.9 Å². The highest BCUT2D eigenvalue weighted by molar-refractivity contribution is 7.92. The van der Waals surface area contributed by atoms with Crippen LogP contribution in [0.4, 0.5) is 5.69 Å². The lowest BCUT2D eigenvalue weighted by Gasteiger charge is -2.22. The lowest BCUT2D eigenvalue weighted by Crippen LogP contribution is -2.38. The Hall–Kier alpha value is -0.830. The Kier molecular flexibility index (Phi) is 6.45. The van der Waals surface area contributed by atoms with E-state index in [4.69, 9.17) is 11.6 Å². The van der Waals surface area contributed by atoms with Crippen LogP contribution in [0.2, 0.25) is 5.02 Å². The molecule has 0 aromatic heterocycles. The van der Waals surface area contributed by atoms with Crippen molar-refractivity contribution in [3.8, 4) is 0 Å². The predicted octanol–water partition coefficient (Wildman–Crippen LogP) is 1.44. The van der Waals surface area contributed by atoms with E-state index in [9.17, 15) is 16.8 Å². The lowest BCUT2D eigenvalue weighted by molar-refractivity contribution is 0.577. The monoisotopic (exact) mass is 354 g/mol. The maximum Gasteiger partial charge on any atom is 0.232 e. The van der Waals surface area contributed by atoms with Crippen LogP contribution in [0.1, 0.15) is 13.3 Å². The lowest BCUT2D eigenvalue weighted by atomic mass is 10.3. The minimum absolute atomic E-state index is 0.00190. The van der Waals surface area contributed by atoms with Crippen molar-refractivity contribution in [2.24, 2.45) is 0 Å². The third kappa shape index (κ3) is 6.21. The maximum atomic E-state index is 11.8. The molecule has 0 spiro atoms. The zero-order valence-electron chi connectivity index (χ0n) is 11.9. The van der Waals surface area contributed by atoms with Crippen molar-refractivity contribution >= 4 is 37.3 Å². The van der Waals surface area contributed by atoms with E-state index >= 15 is 0 Å². The molecule has 1 aromatic carbocycles. The molecule has 0 aliphatic carbocycles. The molecule has 0 saturated carbocycles. The van der Waals surface area contributed by atoms with Gasteiger partial charge in [-0.05, 0) is 24.6 Å². The van der Waals surface area contributed by atoms with Gasteiger partial charge in [-0.1, -0.05) is 24.6 Å². The van der Waals surface area contributed by atoms with E-state index in [1.165, 1.54) is 6.07 Å². The van der Waals surface area contributed by atoms with Crippen molar-refractivity contribution in [2.75, 3.05) is 29.4 Å². The van der Waals surface area contributed by atoms with Gasteiger partial charge in [-0.15, -0.1) is 0 Å². The van der Waals surface area contributed by atoms with E-state index in [0.29, 0.717) is 17.1 Å². The fourth-order valence-electron chi connectivity index (χ4n) is 1.76. The van der Waals surface area contributed by atoms with Gasteiger partial charge in [0.25, 0.3) is 0 Å². The van der Waals surface area contributed by atoms with E-state index < -0.39 is 20.0 Å². The number of sulfonamides is 2. The van der Waals surface area contributed by atoms with Gasteiger partial charge >= 0.3 is 0 Å². The highest BCUT2D eigenvalue weighted by atomic mass is 35.5. The zero-order chi connectivity index (χ0) is 16.1. The van der Waals surface area contributed by atoms with Gasteiger partial charge in [0.1, 0.15) is 0 Å². The van der Waals surface area contributed by atoms with Crippen LogP contribution in [0, 0.1) is 0 Å². The van der Waals surface area contributed by atoms with E-state index in [1.807, 2.05) is 0 Å². The molecule has 21 heavy (non-hydrogen) atoms. The summed E-state index contributed by atoms with van der Waals surface area (Å²) in [5.41, 5.74) is 0.402. The largest absolute Gasteiger partial charge is 0.269 e. The van der Waals surface area contributed by atoms with Crippen molar-refractivity contribution in [1.29, 1.82) is 0 Å². The third-order valence-corrected chi connectivity index (χ3v) is 5.63. The summed E-state index contributed by atoms with van der Waals surface area (Å²) in [6.07, 6.45) is 1.56. The van der Waals surface area contributed by atoms with Gasteiger partial charge in [-0.3, -0.25) is 4.31 Å². The topological polar surface area (TPSA) is 83.6 Å². The number of halogens is 1. The Morgan fingerprint density at radius 3 is 2.43 bits per heavy atom. The van der Waals surface area contributed by atoms with Crippen LogP contribution >= 0.6 is 11.6 Å². The Bertz CT molecular complexity index is 674. The molecule has 6 nitrogen and oxygen atoms in total. The number of hydrogen-bond donors (Lipinski definition) is 1. The predicted molar refractivity (Wildman–Crippen MR) is 85.7 cm³/mol. The SMILES string of the molecule is CCCS(=O)(=O)NCCN(c1cccc(Cl)c1)S(C)(=O)=O. The number of nitrogens with zero attached hydrogens (tertiary/aromatic N) is 1. The summed E-state index contributed by atoms with van der Waals surface area (Å²) in [6.45, 7) is 1.76. The zero-order valence-corrected chi connectivity index (χ0v) is 14.3. The Morgan fingerprint density at radius 2 is 1.90 bits per heavy atom. The molecular formula is C12H19ClN2O4S2. The normalized spacial score (nSPS) is 12.3. The van der Waals surface area contributed by atoms with Crippen LogP contribution in [0.3, 0.4) is 0 Å². The average molecular weight is 355 g/mol. The van der Waals surface area contributed by atoms with Gasteiger partial charge in [0, 0.05) is 18.1 Å². The van der Waals surface area contributed by atoms with Gasteiger partial charge in [-0.25, -0.2) is 21.6 Å². The average Bonchev–Trinajstić information content (AvgIpc) is 2.33. The smallest absolute Gasteiger partial charge is 0.232 e. The number of benzene rings is 1. The first-order chi connectivity index (χ1) is 9.65. The van der Waals surface area contributed by atoms with Crippen LogP contribution < -0.4 is 9.03 Å². The molecule has 120 valence electrons. The molecule has 0 heterocycles. The Balaban J connectivity index is 2.83. The minimum atomic E-state index is -3.52. The van der Waals surface area contributed by atoms with Gasteiger partial charge in [0.15, 0.2) is 0 Å². The van der Waals surface area contributed by atoms with Crippen molar-refractivity contribution in [2.45, 2.75) is 13.3 Å². The summed E-state index contributed by atoms with van der Waals surface area (Å²) in [7, 11) is -6.89. The second kappa shape index (κ2) is 7.44. The van der Waals surface area contributed by atoms with Crippen molar-refractivity contribution in [1.82, 2.24) is 4.72 Å². The molecule has 0 amide bonds. The van der Waals surface area contributed by atoms with E-state index in [2.05, 4.69) is 4.72 Å². The molecule has 1 rings (SSSR count). The number of hydrogen-bond acceptors (Lipinski definition) is 4. The Labute approximate surface area is 131 Å². The first-order valence-electron chi connectivity index (χ1n) is 6.36. The molecule has 0 saturated heterocycles. The van der Waals surface area contributed by atoms with Crippen LogP contribution in [0.25, 0.3) is 0 Å². The number of rotatable bonds is 8. The standard InChI is InChI=1S/C12H19ClN2O4S2/c1-3-9-21(18,19)14-7-8-15(20(2,16)17)12-6-4-5-11(13)10-12/h4-6,10,14H,3,7-9H2,1-2H3. The van der Waals surface area contributed by atoms with Crippen molar-refractivity contribution in [3.63, 3.8) is 0 Å². The summed E-state index contributed by atoms with van der Waals surface area (Å²) in [5, 5.41) is 0.410. The molecule has 0 aliphatic heterocycles. The van der Waals surface area contributed by atoms with Gasteiger partial charge in [-0.2, -0.15) is 0 Å². The molecule has 0 radical (unpaired) electrons. The molecule has 1 N–H and O–H groups in total. The minimum Gasteiger partial charge on any atom is -0.269 e. The van der Waals surface area contributed by atoms with Crippen LogP contribution in [0.5, 0.6) is 0 Å². The first kappa shape index (κ1) is 18.2. The van der Waals surface area contributed by atoms with Crippen molar-refractivity contribution in [3.05, 3.63) is 29.3 Å². The Morgan fingerprint density at radius 1 is 1.24 bits per heavy atom. The van der Waals surface area contributed by atoms with E-state index in [1.54, 1.807) is 25.1 Å². The molecule has 0 unspecified atom stereocenters. The summed E-state index contributed by atoms with van der Waals surface area (Å²) >= 11 is 5.85. The molecule has 0 aliphatic rings. The molecule has 1 aromatic rings. The quantitative estimate of drug-likeness (QED) is 0.765. The van der Waals surface area contributed by atoms with Crippen LogP contribution in [0.15, 0.2) is 24.3 Å². The van der Waals surface area contributed by atoms with Gasteiger partial charge in [0.2, 0.25) is 20.0 Å². The van der Waals surface area contributed by atoms with E-state index in [-0.39, 0.29) is 18.8 Å². The molecule has 0 fully saturated rings. The van der Waals surface area contributed by atoms with Gasteiger partial charge < -0.3 is 0 Å². The fourth-order valence-corrected chi connectivity index (χ4v) is 3.95. The van der Waals surface area contributed by atoms with Gasteiger partial charge in [0.05, 0.1) is 17.7 Å². The van der Waals surface area contributed by atoms with Crippen molar-refractivity contribution < 1.29 is 16.8 Å². The maximum absolute atomic E-state index is 11.8. The second-order valence-electron chi connectivity index (χ2n) is 4.53. The summed E-state index contributed by atoms with van der Waals surface area (Å²) in [5.74, 6) is 0.0169. The highest BCUT2D eigenvalue weighted by Crippen LogP contribution is 2.21. The molecule has 0 bridgehead atoms. The second-order valence-corrected chi connectivity index (χ2v) is 8.80. The fraction of sp³-hybridized carbons (Fsp3) is 0.500. The molecule has 0 atom stereocenters. The molecular weight excluding hydrogens is 336 g/mol. The van der Waals surface area contributed by atoms with Crippen LogP contribution in [-0.2, 0) is 20.0 Å². The first-order valence-corrected chi connectivity index (χ1v) is 10.2. The number of anilines is 1. The summed E-state index contributed by atoms with van der Waals surface area (Å²) < 4.78 is 50.3. The summed E-state index contributed by atoms with van der Waals surface area (Å²) in [4.78, 5) is 0. The number of nitrogens with one attached hydrogen (secondary N) is 1.